The van der Waals surface area contributed by atoms with Gasteiger partial charge in [-0.15, -0.1) is 0 Å². The fourth-order valence-corrected chi connectivity index (χ4v) is 2.69. The van der Waals surface area contributed by atoms with Crippen molar-refractivity contribution in [2.45, 2.75) is 33.3 Å². The van der Waals surface area contributed by atoms with Crippen LogP contribution in [-0.4, -0.2) is 28.5 Å². The molecule has 0 radical (unpaired) electrons. The van der Waals surface area contributed by atoms with Gasteiger partial charge in [0.1, 0.15) is 5.75 Å². The Morgan fingerprint density at radius 2 is 1.74 bits per heavy atom. The van der Waals surface area contributed by atoms with Gasteiger partial charge in [0.05, 0.1) is 22.9 Å². The van der Waals surface area contributed by atoms with E-state index >= 15 is 0 Å². The molecule has 0 bridgehead atoms. The highest BCUT2D eigenvalue weighted by atomic mass is 16.5. The van der Waals surface area contributed by atoms with Gasteiger partial charge in [-0.1, -0.05) is 26.0 Å². The third kappa shape index (κ3) is 5.03. The number of carbonyl (C=O) groups is 1. The summed E-state index contributed by atoms with van der Waals surface area (Å²) >= 11 is 0. The summed E-state index contributed by atoms with van der Waals surface area (Å²) in [6.07, 6.45) is 2.19. The summed E-state index contributed by atoms with van der Waals surface area (Å²) in [6, 6.07) is 15.3. The standard InChI is InChI=1S/C22H25N3O2/c1-15(2)12-13-23-22(26)16(3)27-18-10-8-17(9-11-18)21-14-24-19-6-4-5-7-20(19)25-21/h4-11,14-16H,12-13H2,1-3H3,(H,23,26)/t16-/m1/s1. The second kappa shape index (κ2) is 8.62. The number of hydrogen-bond acceptors (Lipinski definition) is 4. The van der Waals surface area contributed by atoms with E-state index in [4.69, 9.17) is 4.74 Å². The van der Waals surface area contributed by atoms with Crippen molar-refractivity contribution in [1.29, 1.82) is 0 Å². The molecule has 5 nitrogen and oxygen atoms in total. The predicted octanol–water partition coefficient (Wildman–Crippen LogP) is 4.23. The van der Waals surface area contributed by atoms with Crippen LogP contribution in [0.3, 0.4) is 0 Å². The molecule has 0 unspecified atom stereocenters. The molecule has 140 valence electrons. The van der Waals surface area contributed by atoms with E-state index in [0.29, 0.717) is 18.2 Å². The first kappa shape index (κ1) is 18.8. The number of fused-ring (bicyclic) bond motifs is 1. The van der Waals surface area contributed by atoms with Gasteiger partial charge in [0.25, 0.3) is 5.91 Å². The molecule has 3 rings (SSSR count). The lowest BCUT2D eigenvalue weighted by molar-refractivity contribution is -0.127. The molecule has 1 atom stereocenters. The van der Waals surface area contributed by atoms with Gasteiger partial charge in [0.2, 0.25) is 0 Å². The van der Waals surface area contributed by atoms with Crippen molar-refractivity contribution in [2.24, 2.45) is 5.92 Å². The zero-order valence-electron chi connectivity index (χ0n) is 16.0. The first-order valence-corrected chi connectivity index (χ1v) is 9.29. The van der Waals surface area contributed by atoms with Crippen LogP contribution < -0.4 is 10.1 Å². The van der Waals surface area contributed by atoms with E-state index in [-0.39, 0.29) is 5.91 Å². The summed E-state index contributed by atoms with van der Waals surface area (Å²) in [5.74, 6) is 1.12. The third-order valence-electron chi connectivity index (χ3n) is 4.30. The normalized spacial score (nSPS) is 12.1. The van der Waals surface area contributed by atoms with Crippen LogP contribution in [0.2, 0.25) is 0 Å². The highest BCUT2D eigenvalue weighted by Gasteiger charge is 2.14. The molecule has 5 heteroatoms. The first-order chi connectivity index (χ1) is 13.0. The second-order valence-corrected chi connectivity index (χ2v) is 7.00. The Balaban J connectivity index is 1.63. The maximum absolute atomic E-state index is 12.1. The predicted molar refractivity (Wildman–Crippen MR) is 108 cm³/mol. The molecule has 0 aliphatic heterocycles. The van der Waals surface area contributed by atoms with E-state index in [1.807, 2.05) is 48.5 Å². The number of hydrogen-bond donors (Lipinski definition) is 1. The average molecular weight is 363 g/mol. The van der Waals surface area contributed by atoms with Crippen molar-refractivity contribution in [3.8, 4) is 17.0 Å². The summed E-state index contributed by atoms with van der Waals surface area (Å²) in [5, 5.41) is 2.91. The molecular formula is C22H25N3O2. The first-order valence-electron chi connectivity index (χ1n) is 9.29. The number of nitrogens with zero attached hydrogens (tertiary/aromatic N) is 2. The lowest BCUT2D eigenvalue weighted by Crippen LogP contribution is -2.37. The van der Waals surface area contributed by atoms with Crippen LogP contribution in [0.4, 0.5) is 0 Å². The summed E-state index contributed by atoms with van der Waals surface area (Å²) in [4.78, 5) is 21.2. The van der Waals surface area contributed by atoms with Crippen molar-refractivity contribution >= 4 is 16.9 Å². The van der Waals surface area contributed by atoms with Gasteiger partial charge in [-0.3, -0.25) is 9.78 Å². The second-order valence-electron chi connectivity index (χ2n) is 7.00. The van der Waals surface area contributed by atoms with Crippen LogP contribution in [-0.2, 0) is 4.79 Å². The Morgan fingerprint density at radius 3 is 2.44 bits per heavy atom. The molecule has 0 spiro atoms. The maximum atomic E-state index is 12.1. The van der Waals surface area contributed by atoms with Gasteiger partial charge in [-0.05, 0) is 55.7 Å². The summed E-state index contributed by atoms with van der Waals surface area (Å²) < 4.78 is 5.75. The smallest absolute Gasteiger partial charge is 0.260 e. The van der Waals surface area contributed by atoms with Gasteiger partial charge in [-0.2, -0.15) is 0 Å². The quantitative estimate of drug-likeness (QED) is 0.682. The Morgan fingerprint density at radius 1 is 1.04 bits per heavy atom. The van der Waals surface area contributed by atoms with Crippen LogP contribution in [0.25, 0.3) is 22.3 Å². The van der Waals surface area contributed by atoms with Crippen LogP contribution in [0, 0.1) is 5.92 Å². The van der Waals surface area contributed by atoms with Crippen molar-refractivity contribution in [2.75, 3.05) is 6.54 Å². The zero-order chi connectivity index (χ0) is 19.2. The van der Waals surface area contributed by atoms with Crippen LogP contribution in [0.5, 0.6) is 5.75 Å². The number of ether oxygens (including phenoxy) is 1. The molecule has 3 aromatic rings. The van der Waals surface area contributed by atoms with Crippen molar-refractivity contribution in [3.05, 3.63) is 54.7 Å². The van der Waals surface area contributed by atoms with Gasteiger partial charge in [0, 0.05) is 12.1 Å². The van der Waals surface area contributed by atoms with Crippen LogP contribution in [0.15, 0.2) is 54.7 Å². The lowest BCUT2D eigenvalue weighted by Gasteiger charge is -2.15. The van der Waals surface area contributed by atoms with Gasteiger partial charge < -0.3 is 10.1 Å². The molecule has 0 saturated carbocycles. The van der Waals surface area contributed by atoms with Crippen molar-refractivity contribution < 1.29 is 9.53 Å². The molecule has 2 aromatic carbocycles. The summed E-state index contributed by atoms with van der Waals surface area (Å²) in [5.41, 5.74) is 3.50. The fraction of sp³-hybridized carbons (Fsp3) is 0.318. The molecule has 0 aliphatic carbocycles. The van der Waals surface area contributed by atoms with E-state index in [1.165, 1.54) is 0 Å². The molecule has 0 aliphatic rings. The Labute approximate surface area is 159 Å². The van der Waals surface area contributed by atoms with E-state index in [0.717, 1.165) is 28.7 Å². The number of nitrogens with one attached hydrogen (secondary N) is 1. The molecule has 27 heavy (non-hydrogen) atoms. The minimum absolute atomic E-state index is 0.0971. The van der Waals surface area contributed by atoms with Crippen molar-refractivity contribution in [3.63, 3.8) is 0 Å². The Kier molecular flexibility index (Phi) is 6.01. The third-order valence-corrected chi connectivity index (χ3v) is 4.30. The number of amides is 1. The minimum atomic E-state index is -0.538. The van der Waals surface area contributed by atoms with E-state index < -0.39 is 6.10 Å². The molecule has 1 amide bonds. The number of rotatable bonds is 7. The highest BCUT2D eigenvalue weighted by molar-refractivity contribution is 5.80. The molecule has 1 heterocycles. The molecule has 1 aromatic heterocycles. The molecule has 1 N–H and O–H groups in total. The molecule has 0 fully saturated rings. The topological polar surface area (TPSA) is 64.1 Å². The monoisotopic (exact) mass is 363 g/mol. The van der Waals surface area contributed by atoms with Gasteiger partial charge >= 0.3 is 0 Å². The fourth-order valence-electron chi connectivity index (χ4n) is 2.69. The lowest BCUT2D eigenvalue weighted by atomic mass is 10.1. The summed E-state index contributed by atoms with van der Waals surface area (Å²) in [7, 11) is 0. The number of para-hydroxylation sites is 2. The van der Waals surface area contributed by atoms with Crippen LogP contribution >= 0.6 is 0 Å². The van der Waals surface area contributed by atoms with Gasteiger partial charge in [-0.25, -0.2) is 4.98 Å². The summed E-state index contributed by atoms with van der Waals surface area (Å²) in [6.45, 7) is 6.69. The zero-order valence-corrected chi connectivity index (χ0v) is 16.0. The van der Waals surface area contributed by atoms with E-state index in [9.17, 15) is 4.79 Å². The molecular weight excluding hydrogens is 338 g/mol. The number of carbonyl (C=O) groups excluding carboxylic acids is 1. The van der Waals surface area contributed by atoms with Gasteiger partial charge in [0.15, 0.2) is 6.10 Å². The highest BCUT2D eigenvalue weighted by Crippen LogP contribution is 2.22. The Hall–Kier alpha value is -2.95. The molecule has 0 saturated heterocycles. The average Bonchev–Trinajstić information content (AvgIpc) is 2.67. The number of aromatic nitrogens is 2. The maximum Gasteiger partial charge on any atom is 0.260 e. The Bertz CT molecular complexity index is 907. The number of benzene rings is 2. The van der Waals surface area contributed by atoms with E-state index in [2.05, 4.69) is 29.1 Å². The largest absolute Gasteiger partial charge is 0.481 e. The van der Waals surface area contributed by atoms with Crippen molar-refractivity contribution in [1.82, 2.24) is 15.3 Å². The SMILES string of the molecule is CC(C)CCNC(=O)[C@@H](C)Oc1ccc(-c2cnc3ccccc3n2)cc1. The van der Waals surface area contributed by atoms with Crippen LogP contribution in [0.1, 0.15) is 27.2 Å². The minimum Gasteiger partial charge on any atom is -0.481 e. The van der Waals surface area contributed by atoms with E-state index in [1.54, 1.807) is 13.1 Å².